The van der Waals surface area contributed by atoms with Gasteiger partial charge in [-0.15, -0.1) is 0 Å². The Morgan fingerprint density at radius 2 is 2.17 bits per heavy atom. The normalized spacial score (nSPS) is 10.9. The number of rotatable bonds is 0. The molecule has 0 bridgehead atoms. The van der Waals surface area contributed by atoms with Gasteiger partial charge in [0.2, 0.25) is 0 Å². The lowest BCUT2D eigenvalue weighted by atomic mass is 10.2. The van der Waals surface area contributed by atoms with Gasteiger partial charge in [-0.05, 0) is 31.5 Å². The Hall–Kier alpha value is -1.38. The van der Waals surface area contributed by atoms with E-state index in [0.717, 1.165) is 5.69 Å². The summed E-state index contributed by atoms with van der Waals surface area (Å²) in [4.78, 5) is 0. The second kappa shape index (κ2) is 2.30. The lowest BCUT2D eigenvalue weighted by Crippen LogP contribution is -1.91. The first kappa shape index (κ1) is 7.28. The Bertz CT molecular complexity index is 431. The van der Waals surface area contributed by atoms with E-state index in [1.807, 2.05) is 6.92 Å². The van der Waals surface area contributed by atoms with Gasteiger partial charge in [0.05, 0.1) is 5.69 Å². The molecule has 0 unspecified atom stereocenters. The molecule has 0 amide bonds. The minimum absolute atomic E-state index is 0.182. The van der Waals surface area contributed by atoms with E-state index < -0.39 is 0 Å². The number of nitrogens with zero attached hydrogens (tertiary/aromatic N) is 2. The van der Waals surface area contributed by atoms with Crippen molar-refractivity contribution in [1.29, 1.82) is 0 Å². The van der Waals surface area contributed by atoms with Crippen molar-refractivity contribution in [2.45, 2.75) is 13.8 Å². The Kier molecular flexibility index (Phi) is 1.40. The summed E-state index contributed by atoms with van der Waals surface area (Å²) in [7, 11) is 0. The Labute approximate surface area is 69.6 Å². The summed E-state index contributed by atoms with van der Waals surface area (Å²) in [5.74, 6) is -0.182. The Morgan fingerprint density at radius 1 is 1.42 bits per heavy atom. The highest BCUT2D eigenvalue weighted by atomic mass is 19.1. The van der Waals surface area contributed by atoms with Crippen LogP contribution in [-0.2, 0) is 0 Å². The van der Waals surface area contributed by atoms with E-state index in [9.17, 15) is 4.39 Å². The van der Waals surface area contributed by atoms with E-state index >= 15 is 0 Å². The third kappa shape index (κ3) is 0.897. The molecule has 2 heterocycles. The Balaban J connectivity index is 2.89. The molecule has 0 aliphatic heterocycles. The van der Waals surface area contributed by atoms with E-state index in [2.05, 4.69) is 5.10 Å². The van der Waals surface area contributed by atoms with Crippen LogP contribution in [0.4, 0.5) is 4.39 Å². The first-order valence-corrected chi connectivity index (χ1v) is 3.79. The fourth-order valence-electron chi connectivity index (χ4n) is 1.25. The zero-order chi connectivity index (χ0) is 8.72. The zero-order valence-electron chi connectivity index (χ0n) is 7.00. The highest BCUT2D eigenvalue weighted by Gasteiger charge is 2.05. The molecule has 0 aliphatic carbocycles. The number of hydrogen-bond acceptors (Lipinski definition) is 1. The minimum Gasteiger partial charge on any atom is -0.238 e. The maximum absolute atomic E-state index is 13.4. The van der Waals surface area contributed by atoms with Crippen LogP contribution in [0.25, 0.3) is 5.52 Å². The molecule has 0 saturated carbocycles. The predicted octanol–water partition coefficient (Wildman–Crippen LogP) is 2.09. The second-order valence-electron chi connectivity index (χ2n) is 2.93. The SMILES string of the molecule is Cc1cc2c(F)c(C)ccn2n1. The van der Waals surface area contributed by atoms with Crippen molar-refractivity contribution >= 4 is 5.52 Å². The summed E-state index contributed by atoms with van der Waals surface area (Å²) in [6.45, 7) is 3.60. The largest absolute Gasteiger partial charge is 0.238 e. The van der Waals surface area contributed by atoms with E-state index in [1.54, 1.807) is 29.8 Å². The van der Waals surface area contributed by atoms with Crippen LogP contribution in [0.1, 0.15) is 11.3 Å². The van der Waals surface area contributed by atoms with Crippen LogP contribution in [0.5, 0.6) is 0 Å². The van der Waals surface area contributed by atoms with Gasteiger partial charge in [-0.2, -0.15) is 5.10 Å². The monoisotopic (exact) mass is 164 g/mol. The van der Waals surface area contributed by atoms with Gasteiger partial charge in [-0.3, -0.25) is 0 Å². The summed E-state index contributed by atoms with van der Waals surface area (Å²) in [6, 6.07) is 3.46. The number of aryl methyl sites for hydroxylation is 2. The number of fused-ring (bicyclic) bond motifs is 1. The van der Waals surface area contributed by atoms with Gasteiger partial charge in [0.25, 0.3) is 0 Å². The smallest absolute Gasteiger partial charge is 0.151 e. The maximum Gasteiger partial charge on any atom is 0.151 e. The Morgan fingerprint density at radius 3 is 2.92 bits per heavy atom. The molecule has 0 radical (unpaired) electrons. The second-order valence-corrected chi connectivity index (χ2v) is 2.93. The first-order valence-electron chi connectivity index (χ1n) is 3.79. The topological polar surface area (TPSA) is 17.3 Å². The molecule has 2 aromatic rings. The van der Waals surface area contributed by atoms with E-state index in [0.29, 0.717) is 11.1 Å². The number of pyridine rings is 1. The molecule has 62 valence electrons. The van der Waals surface area contributed by atoms with Crippen molar-refractivity contribution < 1.29 is 4.39 Å². The third-order valence-electron chi connectivity index (χ3n) is 1.89. The highest BCUT2D eigenvalue weighted by molar-refractivity contribution is 5.50. The molecule has 0 fully saturated rings. The van der Waals surface area contributed by atoms with Gasteiger partial charge in [0.15, 0.2) is 5.82 Å². The van der Waals surface area contributed by atoms with Crippen molar-refractivity contribution in [2.75, 3.05) is 0 Å². The number of aromatic nitrogens is 2. The van der Waals surface area contributed by atoms with Crippen molar-refractivity contribution in [2.24, 2.45) is 0 Å². The van der Waals surface area contributed by atoms with Crippen LogP contribution >= 0.6 is 0 Å². The van der Waals surface area contributed by atoms with Crippen LogP contribution in [-0.4, -0.2) is 9.61 Å². The summed E-state index contributed by atoms with van der Waals surface area (Å²) in [5.41, 5.74) is 2.04. The minimum atomic E-state index is -0.182. The van der Waals surface area contributed by atoms with Gasteiger partial charge in [-0.1, -0.05) is 0 Å². The molecule has 3 heteroatoms. The molecule has 0 saturated heterocycles. The van der Waals surface area contributed by atoms with Crippen molar-refractivity contribution in [1.82, 2.24) is 9.61 Å². The standard InChI is InChI=1S/C9H9FN2/c1-6-3-4-12-8(9(6)10)5-7(2)11-12/h3-5H,1-2H3. The average molecular weight is 164 g/mol. The lowest BCUT2D eigenvalue weighted by molar-refractivity contribution is 0.621. The van der Waals surface area contributed by atoms with Crippen molar-refractivity contribution in [3.63, 3.8) is 0 Å². The van der Waals surface area contributed by atoms with Crippen LogP contribution in [0.3, 0.4) is 0 Å². The fraction of sp³-hybridized carbons (Fsp3) is 0.222. The molecule has 2 nitrogen and oxygen atoms in total. The first-order chi connectivity index (χ1) is 5.68. The molecular weight excluding hydrogens is 155 g/mol. The molecule has 0 spiro atoms. The summed E-state index contributed by atoms with van der Waals surface area (Å²) in [5, 5.41) is 4.09. The van der Waals surface area contributed by atoms with Crippen LogP contribution in [0.15, 0.2) is 18.3 Å². The summed E-state index contributed by atoms with van der Waals surface area (Å²) >= 11 is 0. The van der Waals surface area contributed by atoms with Crippen molar-refractivity contribution in [3.8, 4) is 0 Å². The summed E-state index contributed by atoms with van der Waals surface area (Å²) < 4.78 is 14.9. The number of hydrogen-bond donors (Lipinski definition) is 0. The van der Waals surface area contributed by atoms with E-state index in [4.69, 9.17) is 0 Å². The molecule has 0 aromatic carbocycles. The van der Waals surface area contributed by atoms with Gasteiger partial charge in [0, 0.05) is 6.20 Å². The molecule has 12 heavy (non-hydrogen) atoms. The molecule has 0 atom stereocenters. The third-order valence-corrected chi connectivity index (χ3v) is 1.89. The zero-order valence-corrected chi connectivity index (χ0v) is 7.00. The number of halogens is 1. The maximum atomic E-state index is 13.4. The van der Waals surface area contributed by atoms with E-state index in [1.165, 1.54) is 0 Å². The fourth-order valence-corrected chi connectivity index (χ4v) is 1.25. The van der Waals surface area contributed by atoms with Crippen LogP contribution in [0, 0.1) is 19.7 Å². The molecule has 0 aliphatic rings. The summed E-state index contributed by atoms with van der Waals surface area (Å²) in [6.07, 6.45) is 1.76. The molecule has 2 rings (SSSR count). The van der Waals surface area contributed by atoms with Gasteiger partial charge in [0.1, 0.15) is 5.52 Å². The molecular formula is C9H9FN2. The molecule has 2 aromatic heterocycles. The van der Waals surface area contributed by atoms with Gasteiger partial charge >= 0.3 is 0 Å². The quantitative estimate of drug-likeness (QED) is 0.582. The highest BCUT2D eigenvalue weighted by Crippen LogP contribution is 2.13. The predicted molar refractivity (Wildman–Crippen MR) is 44.6 cm³/mol. The average Bonchev–Trinajstić information content (AvgIpc) is 2.39. The van der Waals surface area contributed by atoms with Crippen molar-refractivity contribution in [3.05, 3.63) is 35.4 Å². The van der Waals surface area contributed by atoms with Gasteiger partial charge in [-0.25, -0.2) is 8.91 Å². The van der Waals surface area contributed by atoms with Crippen LogP contribution in [0.2, 0.25) is 0 Å². The molecule has 0 N–H and O–H groups in total. The lowest BCUT2D eigenvalue weighted by Gasteiger charge is -1.97. The van der Waals surface area contributed by atoms with Gasteiger partial charge < -0.3 is 0 Å². The van der Waals surface area contributed by atoms with Crippen LogP contribution < -0.4 is 0 Å². The van der Waals surface area contributed by atoms with E-state index in [-0.39, 0.29) is 5.82 Å².